The summed E-state index contributed by atoms with van der Waals surface area (Å²) in [6, 6.07) is 0. The van der Waals surface area contributed by atoms with Crippen LogP contribution in [-0.2, 0) is 0 Å². The van der Waals surface area contributed by atoms with E-state index >= 15 is 0 Å². The molecule has 6 fully saturated rings. The normalized spacial score (nSPS) is 49.4. The van der Waals surface area contributed by atoms with Gasteiger partial charge < -0.3 is 0 Å². The van der Waals surface area contributed by atoms with Crippen molar-refractivity contribution in [2.75, 3.05) is 0 Å². The van der Waals surface area contributed by atoms with Gasteiger partial charge in [0, 0.05) is 0 Å². The summed E-state index contributed by atoms with van der Waals surface area (Å²) in [5.74, 6) is 7.86. The third-order valence-electron chi connectivity index (χ3n) is 10.6. The first kappa shape index (κ1) is 18.2. The highest BCUT2D eigenvalue weighted by Gasteiger charge is 2.61. The van der Waals surface area contributed by atoms with Crippen molar-refractivity contribution >= 4 is 6.71 Å². The predicted molar refractivity (Wildman–Crippen MR) is 111 cm³/mol. The van der Waals surface area contributed by atoms with Gasteiger partial charge in [-0.2, -0.15) is 0 Å². The van der Waals surface area contributed by atoms with Crippen molar-refractivity contribution in [2.45, 2.75) is 92.1 Å². The maximum atomic E-state index is 2.62. The first-order chi connectivity index (χ1) is 11.7. The van der Waals surface area contributed by atoms with Crippen molar-refractivity contribution < 1.29 is 0 Å². The first-order valence-electron chi connectivity index (χ1n) is 11.3. The van der Waals surface area contributed by atoms with Crippen LogP contribution < -0.4 is 0 Å². The molecule has 8 atom stereocenters. The van der Waals surface area contributed by atoms with Gasteiger partial charge in [0.05, 0.1) is 0 Å². The van der Waals surface area contributed by atoms with Crippen LogP contribution in [0.4, 0.5) is 0 Å². The van der Waals surface area contributed by atoms with Crippen molar-refractivity contribution in [2.24, 2.45) is 46.3 Å². The molecule has 6 rings (SSSR count). The van der Waals surface area contributed by atoms with Crippen LogP contribution in [0, 0.1) is 46.3 Å². The molecule has 0 heterocycles. The van der Waals surface area contributed by atoms with E-state index in [4.69, 9.17) is 0 Å². The molecule has 0 aromatic rings. The van der Waals surface area contributed by atoms with Gasteiger partial charge in [0.25, 0.3) is 0 Å². The van der Waals surface area contributed by atoms with Crippen LogP contribution in [0.3, 0.4) is 0 Å². The largest absolute Gasteiger partial charge is 0.150 e. The van der Waals surface area contributed by atoms with Gasteiger partial charge in [0.1, 0.15) is 0 Å². The van der Waals surface area contributed by atoms with Crippen LogP contribution >= 0.6 is 0 Å². The third-order valence-corrected chi connectivity index (χ3v) is 10.6. The Labute approximate surface area is 157 Å². The second kappa shape index (κ2) is 5.90. The lowest BCUT2D eigenvalue weighted by Gasteiger charge is -2.66. The van der Waals surface area contributed by atoms with Gasteiger partial charge in [-0.25, -0.2) is 0 Å². The monoisotopic (exact) mass is 340 g/mol. The van der Waals surface area contributed by atoms with E-state index in [1.807, 2.05) is 0 Å². The van der Waals surface area contributed by atoms with E-state index in [1.54, 1.807) is 0 Å². The van der Waals surface area contributed by atoms with E-state index in [1.165, 1.54) is 32.0 Å². The topological polar surface area (TPSA) is 0 Å². The van der Waals surface area contributed by atoms with E-state index in [0.29, 0.717) is 10.8 Å². The van der Waals surface area contributed by atoms with Crippen molar-refractivity contribution in [3.05, 3.63) is 12.2 Å². The molecule has 6 aliphatic carbocycles. The Morgan fingerprint density at radius 1 is 0.800 bits per heavy atom. The van der Waals surface area contributed by atoms with Crippen LogP contribution in [-0.4, -0.2) is 6.71 Å². The highest BCUT2D eigenvalue weighted by atomic mass is 14.6. The van der Waals surface area contributed by atoms with Crippen LogP contribution in [0.2, 0.25) is 18.0 Å². The number of hydrogen-bond donors (Lipinski definition) is 0. The lowest BCUT2D eigenvalue weighted by molar-refractivity contribution is -0.107. The van der Waals surface area contributed by atoms with Crippen molar-refractivity contribution in [1.29, 1.82) is 0 Å². The molecule has 0 unspecified atom stereocenters. The minimum Gasteiger partial charge on any atom is -0.0960 e. The van der Waals surface area contributed by atoms with Crippen molar-refractivity contribution in [3.8, 4) is 0 Å². The lowest BCUT2D eigenvalue weighted by atomic mass is 9.20. The van der Waals surface area contributed by atoms with Gasteiger partial charge in [-0.1, -0.05) is 84.5 Å². The van der Waals surface area contributed by atoms with Crippen molar-refractivity contribution in [1.82, 2.24) is 0 Å². The Hall–Kier alpha value is -0.195. The molecule has 6 saturated carbocycles. The summed E-state index contributed by atoms with van der Waals surface area (Å²) in [4.78, 5) is 0. The average molecular weight is 340 g/mol. The fraction of sp³-hybridized carbons (Fsp3) is 0.917. The molecular formula is C24H41B. The molecule has 25 heavy (non-hydrogen) atoms. The molecule has 0 aromatic carbocycles. The van der Waals surface area contributed by atoms with Gasteiger partial charge in [-0.3, -0.25) is 0 Å². The molecule has 0 amide bonds. The second-order valence-corrected chi connectivity index (χ2v) is 11.7. The Morgan fingerprint density at radius 2 is 1.24 bits per heavy atom. The predicted octanol–water partition coefficient (Wildman–Crippen LogP) is 7.20. The summed E-state index contributed by atoms with van der Waals surface area (Å²) in [5, 5.41) is 0. The highest BCUT2D eigenvalue weighted by molar-refractivity contribution is 6.62. The molecular weight excluding hydrogens is 299 g/mol. The molecule has 1 heteroatoms. The van der Waals surface area contributed by atoms with Crippen LogP contribution in [0.15, 0.2) is 12.2 Å². The van der Waals surface area contributed by atoms with E-state index in [0.717, 1.165) is 53.9 Å². The minimum absolute atomic E-state index is 0.628. The average Bonchev–Trinajstić information content (AvgIpc) is 2.56. The third kappa shape index (κ3) is 2.46. The molecule has 0 aromatic heterocycles. The zero-order valence-electron chi connectivity index (χ0n) is 17.9. The van der Waals surface area contributed by atoms with Crippen LogP contribution in [0.5, 0.6) is 0 Å². The van der Waals surface area contributed by atoms with Crippen LogP contribution in [0.25, 0.3) is 0 Å². The molecule has 0 saturated heterocycles. The second-order valence-electron chi connectivity index (χ2n) is 11.7. The number of allylic oxidation sites excluding steroid dienone is 2. The van der Waals surface area contributed by atoms with Crippen LogP contribution in [0.1, 0.15) is 74.1 Å². The van der Waals surface area contributed by atoms with E-state index in [9.17, 15) is 0 Å². The molecule has 0 aliphatic heterocycles. The maximum absolute atomic E-state index is 2.62. The summed E-state index contributed by atoms with van der Waals surface area (Å²) in [7, 11) is 0. The molecule has 140 valence electrons. The van der Waals surface area contributed by atoms with Gasteiger partial charge in [0.15, 0.2) is 6.71 Å². The lowest BCUT2D eigenvalue weighted by Crippen LogP contribution is -2.59. The zero-order chi connectivity index (χ0) is 18.1. The van der Waals surface area contributed by atoms with E-state index in [-0.39, 0.29) is 0 Å². The summed E-state index contributed by atoms with van der Waals surface area (Å²) in [6.45, 7) is 18.6. The zero-order valence-corrected chi connectivity index (χ0v) is 17.9. The summed E-state index contributed by atoms with van der Waals surface area (Å²) < 4.78 is 0. The number of hydrogen-bond acceptors (Lipinski definition) is 0. The molecule has 0 radical (unpaired) electrons. The maximum Gasteiger partial charge on any atom is 0.150 e. The fourth-order valence-corrected chi connectivity index (χ4v) is 8.47. The van der Waals surface area contributed by atoms with Gasteiger partial charge >= 0.3 is 0 Å². The minimum atomic E-state index is 0.628. The van der Waals surface area contributed by atoms with E-state index in [2.05, 4.69) is 60.6 Å². The number of rotatable bonds is 4. The molecule has 0 spiro atoms. The molecule has 4 bridgehead atoms. The molecule has 0 N–H and O–H groups in total. The quantitative estimate of drug-likeness (QED) is 0.375. The smallest absolute Gasteiger partial charge is 0.0960 e. The highest BCUT2D eigenvalue weighted by Crippen LogP contribution is 2.69. The Morgan fingerprint density at radius 3 is 1.56 bits per heavy atom. The molecule has 6 aliphatic rings. The fourth-order valence-electron chi connectivity index (χ4n) is 8.47. The summed E-state index contributed by atoms with van der Waals surface area (Å²) in [6.07, 6.45) is 12.3. The Kier molecular flexibility index (Phi) is 4.29. The Balaban J connectivity index is 1.56. The van der Waals surface area contributed by atoms with Gasteiger partial charge in [-0.05, 0) is 66.1 Å². The number of fused-ring (bicyclic) bond motifs is 4. The van der Waals surface area contributed by atoms with Crippen molar-refractivity contribution in [3.63, 3.8) is 0 Å². The standard InChI is InChI=1S/C24H41B/c1-8-9-10-25(21-13-17-11-19(15(21)2)23(17,4)5)22-14-18-12-20(16(22)3)24(18,6)7/h8-9,15-22H,10-14H2,1-7H3/b9-8-/t15-,16-,17-,18-,19+,20+,21-,22-/m1/s1. The van der Waals surface area contributed by atoms with Gasteiger partial charge in [0.2, 0.25) is 0 Å². The summed E-state index contributed by atoms with van der Waals surface area (Å²) in [5.41, 5.74) is 1.26. The first-order valence-corrected chi connectivity index (χ1v) is 11.3. The van der Waals surface area contributed by atoms with E-state index < -0.39 is 0 Å². The SMILES string of the molecule is C/C=C\CB([C@@H]1C[C@H]2C[C@@H]([C@H]1C)C2(C)C)[C@@H]1C[C@H]2C[C@@H]([C@H]1C)C2(C)C. The Bertz CT molecular complexity index is 502. The molecule has 0 nitrogen and oxygen atoms in total. The summed E-state index contributed by atoms with van der Waals surface area (Å²) >= 11 is 0. The van der Waals surface area contributed by atoms with Gasteiger partial charge in [-0.15, -0.1) is 0 Å².